The molecule has 0 spiro atoms. The minimum atomic E-state index is -3.38. The van der Waals surface area contributed by atoms with Crippen molar-refractivity contribution >= 4 is 21.6 Å². The zero-order valence-corrected chi connectivity index (χ0v) is 19.1. The highest BCUT2D eigenvalue weighted by Gasteiger charge is 2.25. The predicted molar refractivity (Wildman–Crippen MR) is 123 cm³/mol. The van der Waals surface area contributed by atoms with Gasteiger partial charge in [-0.05, 0) is 42.0 Å². The van der Waals surface area contributed by atoms with Gasteiger partial charge >= 0.3 is 0 Å². The number of ether oxygens (including phenoxy) is 2. The summed E-state index contributed by atoms with van der Waals surface area (Å²) < 4.78 is 37.1. The molecule has 172 valence electrons. The highest BCUT2D eigenvalue weighted by molar-refractivity contribution is 7.88. The van der Waals surface area contributed by atoms with Crippen LogP contribution in [0.25, 0.3) is 0 Å². The van der Waals surface area contributed by atoms with E-state index in [1.165, 1.54) is 4.31 Å². The third kappa shape index (κ3) is 5.23. The Labute approximate surface area is 189 Å². The standard InChI is InChI=1S/C23H29N3O5S/c1-30-22-8-6-21(7-9-22)24-10-12-25(13-11-24)23(27)20-4-2-19(3-5-20)18-32(28,29)26-14-16-31-17-15-26/h2-9H,10-18H2,1H3. The topological polar surface area (TPSA) is 79.4 Å². The molecule has 4 rings (SSSR count). The van der Waals surface area contributed by atoms with Crippen LogP contribution in [-0.4, -0.2) is 83.1 Å². The van der Waals surface area contributed by atoms with E-state index in [9.17, 15) is 13.2 Å². The van der Waals surface area contributed by atoms with Gasteiger partial charge < -0.3 is 19.3 Å². The summed E-state index contributed by atoms with van der Waals surface area (Å²) in [5.74, 6) is 0.730. The van der Waals surface area contributed by atoms with Crippen molar-refractivity contribution < 1.29 is 22.7 Å². The summed E-state index contributed by atoms with van der Waals surface area (Å²) in [6, 6.07) is 14.9. The van der Waals surface area contributed by atoms with Crippen LogP contribution >= 0.6 is 0 Å². The van der Waals surface area contributed by atoms with Crippen molar-refractivity contribution in [3.63, 3.8) is 0 Å². The summed E-state index contributed by atoms with van der Waals surface area (Å²) in [4.78, 5) is 17.0. The van der Waals surface area contributed by atoms with Crippen molar-refractivity contribution in [2.45, 2.75) is 5.75 Å². The van der Waals surface area contributed by atoms with E-state index < -0.39 is 10.0 Å². The molecular formula is C23H29N3O5S. The summed E-state index contributed by atoms with van der Waals surface area (Å²) in [5, 5.41) is 0. The summed E-state index contributed by atoms with van der Waals surface area (Å²) in [6.45, 7) is 4.43. The van der Waals surface area contributed by atoms with Crippen molar-refractivity contribution in [1.82, 2.24) is 9.21 Å². The van der Waals surface area contributed by atoms with Gasteiger partial charge in [0.05, 0.1) is 26.1 Å². The van der Waals surface area contributed by atoms with Crippen LogP contribution in [0.15, 0.2) is 48.5 Å². The lowest BCUT2D eigenvalue weighted by Gasteiger charge is -2.36. The molecule has 2 aromatic rings. The smallest absolute Gasteiger partial charge is 0.253 e. The number of methoxy groups -OCH3 is 1. The van der Waals surface area contributed by atoms with Crippen LogP contribution in [0.5, 0.6) is 5.75 Å². The number of hydrogen-bond acceptors (Lipinski definition) is 6. The first kappa shape index (κ1) is 22.6. The number of benzene rings is 2. The number of piperazine rings is 1. The molecule has 2 aliphatic rings. The van der Waals surface area contributed by atoms with Crippen molar-refractivity contribution in [3.05, 3.63) is 59.7 Å². The summed E-state index contributed by atoms with van der Waals surface area (Å²) in [5.41, 5.74) is 2.37. The van der Waals surface area contributed by atoms with Crippen LogP contribution in [0, 0.1) is 0 Å². The Morgan fingerprint density at radius 1 is 0.906 bits per heavy atom. The predicted octanol–water partition coefficient (Wildman–Crippen LogP) is 1.82. The van der Waals surface area contributed by atoms with E-state index in [4.69, 9.17) is 9.47 Å². The first-order valence-corrected chi connectivity index (χ1v) is 12.4. The van der Waals surface area contributed by atoms with Gasteiger partial charge in [0, 0.05) is 50.5 Å². The van der Waals surface area contributed by atoms with Crippen LogP contribution in [0.3, 0.4) is 0 Å². The summed E-state index contributed by atoms with van der Waals surface area (Å²) in [7, 11) is -1.73. The molecule has 0 unspecified atom stereocenters. The van der Waals surface area contributed by atoms with Crippen molar-refractivity contribution in [3.8, 4) is 5.75 Å². The van der Waals surface area contributed by atoms with Crippen LogP contribution in [0.1, 0.15) is 15.9 Å². The molecular weight excluding hydrogens is 430 g/mol. The van der Waals surface area contributed by atoms with Crippen LogP contribution in [0.2, 0.25) is 0 Å². The van der Waals surface area contributed by atoms with Gasteiger partial charge in [0.2, 0.25) is 10.0 Å². The number of nitrogens with zero attached hydrogens (tertiary/aromatic N) is 3. The molecule has 2 aliphatic heterocycles. The largest absolute Gasteiger partial charge is 0.497 e. The quantitative estimate of drug-likeness (QED) is 0.656. The molecule has 2 fully saturated rings. The number of hydrogen-bond donors (Lipinski definition) is 0. The molecule has 32 heavy (non-hydrogen) atoms. The Kier molecular flexibility index (Phi) is 6.98. The fourth-order valence-corrected chi connectivity index (χ4v) is 5.52. The van der Waals surface area contributed by atoms with Crippen LogP contribution < -0.4 is 9.64 Å². The Bertz CT molecular complexity index is 1010. The number of carbonyl (C=O) groups is 1. The summed E-state index contributed by atoms with van der Waals surface area (Å²) >= 11 is 0. The van der Waals surface area contributed by atoms with Gasteiger partial charge in [0.1, 0.15) is 5.75 Å². The molecule has 0 N–H and O–H groups in total. The van der Waals surface area contributed by atoms with Gasteiger partial charge in [-0.2, -0.15) is 4.31 Å². The zero-order valence-electron chi connectivity index (χ0n) is 18.3. The molecule has 0 radical (unpaired) electrons. The van der Waals surface area contributed by atoms with E-state index in [0.717, 1.165) is 24.5 Å². The lowest BCUT2D eigenvalue weighted by atomic mass is 10.1. The third-order valence-corrected chi connectivity index (χ3v) is 7.77. The van der Waals surface area contributed by atoms with E-state index in [2.05, 4.69) is 4.90 Å². The van der Waals surface area contributed by atoms with Gasteiger partial charge in [-0.15, -0.1) is 0 Å². The maximum absolute atomic E-state index is 12.9. The second-order valence-corrected chi connectivity index (χ2v) is 9.91. The molecule has 2 aromatic carbocycles. The zero-order chi connectivity index (χ0) is 22.6. The second kappa shape index (κ2) is 9.89. The highest BCUT2D eigenvalue weighted by atomic mass is 32.2. The van der Waals surface area contributed by atoms with Crippen molar-refractivity contribution in [2.75, 3.05) is 64.5 Å². The van der Waals surface area contributed by atoms with E-state index in [-0.39, 0.29) is 11.7 Å². The molecule has 2 heterocycles. The third-order valence-electron chi connectivity index (χ3n) is 5.92. The monoisotopic (exact) mass is 459 g/mol. The van der Waals surface area contributed by atoms with E-state index >= 15 is 0 Å². The number of morpholine rings is 1. The average molecular weight is 460 g/mol. The van der Waals surface area contributed by atoms with E-state index in [0.29, 0.717) is 50.5 Å². The second-order valence-electron chi connectivity index (χ2n) is 7.94. The van der Waals surface area contributed by atoms with Gasteiger partial charge in [0.25, 0.3) is 5.91 Å². The fraction of sp³-hybridized carbons (Fsp3) is 0.435. The SMILES string of the molecule is COc1ccc(N2CCN(C(=O)c3ccc(CS(=O)(=O)N4CCOCC4)cc3)CC2)cc1. The number of sulfonamides is 1. The highest BCUT2D eigenvalue weighted by Crippen LogP contribution is 2.21. The molecule has 2 saturated heterocycles. The molecule has 0 aliphatic carbocycles. The maximum atomic E-state index is 12.9. The molecule has 1 amide bonds. The molecule has 0 atom stereocenters. The van der Waals surface area contributed by atoms with Gasteiger partial charge in [0.15, 0.2) is 0 Å². The molecule has 0 bridgehead atoms. The Hall–Kier alpha value is -2.62. The Balaban J connectivity index is 1.33. The van der Waals surface area contributed by atoms with E-state index in [1.807, 2.05) is 29.2 Å². The number of amides is 1. The minimum Gasteiger partial charge on any atom is -0.497 e. The Morgan fingerprint density at radius 2 is 1.53 bits per heavy atom. The summed E-state index contributed by atoms with van der Waals surface area (Å²) in [6.07, 6.45) is 0. The van der Waals surface area contributed by atoms with Crippen LogP contribution in [0.4, 0.5) is 5.69 Å². The molecule has 8 nitrogen and oxygen atoms in total. The maximum Gasteiger partial charge on any atom is 0.253 e. The number of rotatable bonds is 6. The Morgan fingerprint density at radius 3 is 2.12 bits per heavy atom. The van der Waals surface area contributed by atoms with Crippen molar-refractivity contribution in [1.29, 1.82) is 0 Å². The minimum absolute atomic E-state index is 0.0260. The van der Waals surface area contributed by atoms with Gasteiger partial charge in [-0.1, -0.05) is 12.1 Å². The number of carbonyl (C=O) groups excluding carboxylic acids is 1. The van der Waals surface area contributed by atoms with Crippen LogP contribution in [-0.2, 0) is 20.5 Å². The molecule has 0 saturated carbocycles. The normalized spacial score (nSPS) is 17.9. The lowest BCUT2D eigenvalue weighted by Crippen LogP contribution is -2.48. The lowest BCUT2D eigenvalue weighted by molar-refractivity contribution is 0.0729. The number of anilines is 1. The van der Waals surface area contributed by atoms with Gasteiger partial charge in [-0.3, -0.25) is 4.79 Å². The molecule has 0 aromatic heterocycles. The fourth-order valence-electron chi connectivity index (χ4n) is 4.01. The van der Waals surface area contributed by atoms with E-state index in [1.54, 1.807) is 31.4 Å². The average Bonchev–Trinajstić information content (AvgIpc) is 2.84. The van der Waals surface area contributed by atoms with Crippen molar-refractivity contribution in [2.24, 2.45) is 0 Å². The first-order chi connectivity index (χ1) is 15.5. The molecule has 9 heteroatoms. The van der Waals surface area contributed by atoms with Gasteiger partial charge in [-0.25, -0.2) is 8.42 Å². The first-order valence-electron chi connectivity index (χ1n) is 10.8.